The summed E-state index contributed by atoms with van der Waals surface area (Å²) in [4.78, 5) is 24.6. The summed E-state index contributed by atoms with van der Waals surface area (Å²) in [6, 6.07) is 14.4. The van der Waals surface area contributed by atoms with Crippen LogP contribution in [0.3, 0.4) is 0 Å². The summed E-state index contributed by atoms with van der Waals surface area (Å²) in [5.41, 5.74) is 1.32. The number of fused-ring (bicyclic) bond motifs is 1. The molecule has 1 amide bonds. The van der Waals surface area contributed by atoms with Gasteiger partial charge in [0, 0.05) is 14.6 Å². The molecule has 0 radical (unpaired) electrons. The van der Waals surface area contributed by atoms with Crippen LogP contribution in [0.4, 0.5) is 5.69 Å². The van der Waals surface area contributed by atoms with E-state index in [0.29, 0.717) is 23.1 Å². The van der Waals surface area contributed by atoms with Gasteiger partial charge >= 0.3 is 5.63 Å². The zero-order valence-corrected chi connectivity index (χ0v) is 14.9. The maximum absolute atomic E-state index is 12.4. The fraction of sp³-hybridized carbons (Fsp3) is 0.0526. The summed E-state index contributed by atoms with van der Waals surface area (Å²) in [6.07, 6.45) is 2.33. The van der Waals surface area contributed by atoms with Gasteiger partial charge in [0.15, 0.2) is 0 Å². The highest BCUT2D eigenvalue weighted by Crippen LogP contribution is 2.20. The Morgan fingerprint density at radius 1 is 1.21 bits per heavy atom. The molecule has 0 aliphatic heterocycles. The molecular weight excluding hydrogens is 417 g/mol. The molecule has 0 bridgehead atoms. The van der Waals surface area contributed by atoms with E-state index in [1.54, 1.807) is 24.3 Å². The van der Waals surface area contributed by atoms with Crippen molar-refractivity contribution >= 4 is 45.2 Å². The van der Waals surface area contributed by atoms with E-state index in [-0.39, 0.29) is 5.56 Å². The second-order valence-electron chi connectivity index (χ2n) is 5.24. The number of benzene rings is 2. The molecule has 5 heteroatoms. The topological polar surface area (TPSA) is 59.3 Å². The zero-order chi connectivity index (χ0) is 17.1. The van der Waals surface area contributed by atoms with Crippen LogP contribution in [0.25, 0.3) is 11.0 Å². The molecule has 0 saturated carbocycles. The molecule has 0 unspecified atom stereocenters. The van der Waals surface area contributed by atoms with Crippen LogP contribution < -0.4 is 10.9 Å². The molecule has 1 aromatic heterocycles. The number of hydrogen-bond acceptors (Lipinski definition) is 3. The molecule has 24 heavy (non-hydrogen) atoms. The van der Waals surface area contributed by atoms with Crippen LogP contribution in [-0.2, 0) is 6.42 Å². The van der Waals surface area contributed by atoms with Gasteiger partial charge in [-0.25, -0.2) is 4.79 Å². The van der Waals surface area contributed by atoms with Gasteiger partial charge in [-0.2, -0.15) is 0 Å². The van der Waals surface area contributed by atoms with Gasteiger partial charge in [-0.15, -0.1) is 6.58 Å². The third kappa shape index (κ3) is 3.41. The molecular formula is C19H14INO3. The minimum Gasteiger partial charge on any atom is -0.422 e. The molecule has 0 aliphatic carbocycles. The SMILES string of the molecule is C=CCc1cccc2cc(C(=O)Nc3ccc(I)cc3)c(=O)oc12. The Labute approximate surface area is 152 Å². The van der Waals surface area contributed by atoms with Crippen LogP contribution in [0.1, 0.15) is 15.9 Å². The van der Waals surface area contributed by atoms with Crippen LogP contribution in [0.5, 0.6) is 0 Å². The fourth-order valence-corrected chi connectivity index (χ4v) is 2.77. The van der Waals surface area contributed by atoms with Gasteiger partial charge in [0.2, 0.25) is 0 Å². The van der Waals surface area contributed by atoms with Crippen LogP contribution >= 0.6 is 22.6 Å². The highest BCUT2D eigenvalue weighted by Gasteiger charge is 2.15. The van der Waals surface area contributed by atoms with E-state index in [2.05, 4.69) is 34.5 Å². The van der Waals surface area contributed by atoms with E-state index in [1.807, 2.05) is 30.3 Å². The molecule has 3 aromatic rings. The summed E-state index contributed by atoms with van der Waals surface area (Å²) in [6.45, 7) is 3.70. The Balaban J connectivity index is 1.98. The molecule has 0 fully saturated rings. The predicted octanol–water partition coefficient (Wildman–Crippen LogP) is 4.38. The number of allylic oxidation sites excluding steroid dienone is 1. The van der Waals surface area contributed by atoms with Crippen LogP contribution in [-0.4, -0.2) is 5.91 Å². The molecule has 1 N–H and O–H groups in total. The average Bonchev–Trinajstić information content (AvgIpc) is 2.57. The molecule has 120 valence electrons. The second-order valence-corrected chi connectivity index (χ2v) is 6.48. The van der Waals surface area contributed by atoms with Crippen molar-refractivity contribution in [1.82, 2.24) is 0 Å². The summed E-state index contributed by atoms with van der Waals surface area (Å²) in [5.74, 6) is -0.485. The first-order valence-corrected chi connectivity index (χ1v) is 8.40. The van der Waals surface area contributed by atoms with Gasteiger partial charge in [0.05, 0.1) is 0 Å². The van der Waals surface area contributed by atoms with Crippen LogP contribution in [0.15, 0.2) is 70.4 Å². The molecule has 2 aromatic carbocycles. The van der Waals surface area contributed by atoms with Crippen molar-refractivity contribution in [2.24, 2.45) is 0 Å². The van der Waals surface area contributed by atoms with E-state index >= 15 is 0 Å². The molecule has 1 heterocycles. The van der Waals surface area contributed by atoms with Crippen molar-refractivity contribution in [1.29, 1.82) is 0 Å². The number of nitrogens with one attached hydrogen (secondary N) is 1. The van der Waals surface area contributed by atoms with Crippen molar-refractivity contribution in [3.8, 4) is 0 Å². The summed E-state index contributed by atoms with van der Waals surface area (Å²) in [5, 5.41) is 3.42. The number of amides is 1. The predicted molar refractivity (Wildman–Crippen MR) is 103 cm³/mol. The number of halogens is 1. The average molecular weight is 431 g/mol. The van der Waals surface area contributed by atoms with Crippen molar-refractivity contribution in [2.75, 3.05) is 5.32 Å². The largest absolute Gasteiger partial charge is 0.422 e. The van der Waals surface area contributed by atoms with Crippen LogP contribution in [0, 0.1) is 3.57 Å². The Hall–Kier alpha value is -2.41. The lowest BCUT2D eigenvalue weighted by Crippen LogP contribution is -2.20. The Morgan fingerprint density at radius 2 is 1.96 bits per heavy atom. The smallest absolute Gasteiger partial charge is 0.349 e. The molecule has 0 atom stereocenters. The summed E-state index contributed by atoms with van der Waals surface area (Å²) in [7, 11) is 0. The summed E-state index contributed by atoms with van der Waals surface area (Å²) < 4.78 is 6.45. The van der Waals surface area contributed by atoms with Gasteiger partial charge in [-0.1, -0.05) is 24.3 Å². The molecule has 0 saturated heterocycles. The Morgan fingerprint density at radius 3 is 2.67 bits per heavy atom. The van der Waals surface area contributed by atoms with E-state index in [9.17, 15) is 9.59 Å². The lowest BCUT2D eigenvalue weighted by molar-refractivity contribution is 0.102. The first-order valence-electron chi connectivity index (χ1n) is 7.32. The van der Waals surface area contributed by atoms with Crippen molar-refractivity contribution in [3.05, 3.63) is 86.3 Å². The minimum atomic E-state index is -0.651. The number of hydrogen-bond donors (Lipinski definition) is 1. The molecule has 4 nitrogen and oxygen atoms in total. The molecule has 3 rings (SSSR count). The van der Waals surface area contributed by atoms with Gasteiger partial charge in [0.1, 0.15) is 11.1 Å². The number of carbonyl (C=O) groups excluding carboxylic acids is 1. The fourth-order valence-electron chi connectivity index (χ4n) is 2.41. The highest BCUT2D eigenvalue weighted by molar-refractivity contribution is 14.1. The van der Waals surface area contributed by atoms with Crippen molar-refractivity contribution < 1.29 is 9.21 Å². The highest BCUT2D eigenvalue weighted by atomic mass is 127. The van der Waals surface area contributed by atoms with E-state index in [4.69, 9.17) is 4.42 Å². The lowest BCUT2D eigenvalue weighted by Gasteiger charge is -2.07. The van der Waals surface area contributed by atoms with Gasteiger partial charge in [-0.05, 0) is 64.9 Å². The van der Waals surface area contributed by atoms with Crippen LogP contribution in [0.2, 0.25) is 0 Å². The third-order valence-electron chi connectivity index (χ3n) is 3.55. The third-order valence-corrected chi connectivity index (χ3v) is 4.27. The molecule has 0 spiro atoms. The zero-order valence-electron chi connectivity index (χ0n) is 12.7. The first kappa shape index (κ1) is 16.4. The lowest BCUT2D eigenvalue weighted by atomic mass is 10.1. The maximum Gasteiger partial charge on any atom is 0.349 e. The number of anilines is 1. The number of rotatable bonds is 4. The van der Waals surface area contributed by atoms with E-state index in [0.717, 1.165) is 9.13 Å². The standard InChI is InChI=1S/C19H14INO3/c1-2-4-12-5-3-6-13-11-16(19(23)24-17(12)13)18(22)21-15-9-7-14(20)8-10-15/h2-3,5-11H,1,4H2,(H,21,22). The quantitative estimate of drug-likeness (QED) is 0.379. The Kier molecular flexibility index (Phi) is 4.80. The number of para-hydroxylation sites is 1. The van der Waals surface area contributed by atoms with Gasteiger partial charge < -0.3 is 9.73 Å². The minimum absolute atomic E-state index is 0.0168. The number of carbonyl (C=O) groups is 1. The van der Waals surface area contributed by atoms with E-state index < -0.39 is 11.5 Å². The Bertz CT molecular complexity index is 974. The molecule has 0 aliphatic rings. The monoisotopic (exact) mass is 431 g/mol. The second kappa shape index (κ2) is 7.00. The van der Waals surface area contributed by atoms with Crippen molar-refractivity contribution in [2.45, 2.75) is 6.42 Å². The van der Waals surface area contributed by atoms with Crippen molar-refractivity contribution in [3.63, 3.8) is 0 Å². The summed E-state index contributed by atoms with van der Waals surface area (Å²) >= 11 is 2.18. The maximum atomic E-state index is 12.4. The van der Waals surface area contributed by atoms with Gasteiger partial charge in [0.25, 0.3) is 5.91 Å². The van der Waals surface area contributed by atoms with Gasteiger partial charge in [-0.3, -0.25) is 4.79 Å². The normalized spacial score (nSPS) is 10.5. The van der Waals surface area contributed by atoms with E-state index in [1.165, 1.54) is 0 Å². The first-order chi connectivity index (χ1) is 11.6.